The van der Waals surface area contributed by atoms with Crippen LogP contribution in [0.3, 0.4) is 0 Å². The molecule has 2 atom stereocenters. The van der Waals surface area contributed by atoms with Crippen LogP contribution in [0.15, 0.2) is 54.6 Å². The molecule has 8 heteroatoms. The number of alkyl halides is 1. The van der Waals surface area contributed by atoms with Crippen LogP contribution in [0.2, 0.25) is 0 Å². The smallest absolute Gasteiger partial charge is 0.321 e. The van der Waals surface area contributed by atoms with E-state index in [0.717, 1.165) is 18.2 Å². The minimum Gasteiger partial charge on any atom is -0.393 e. The second-order valence-corrected chi connectivity index (χ2v) is 9.49. The standard InChI is InChI=1S/C27H32F3N3O2/c1-19(16-28)32-12-10-23(11-13-32)31(2)26(35)33-17-20(24-14-22(29)8-9-25(24)30)15-27(33,18-34)21-6-4-3-5-7-21/h3-9,14-15,19,23,34H,10-13,16-18H2,1-2H3. The summed E-state index contributed by atoms with van der Waals surface area (Å²) in [6.45, 7) is 2.44. The van der Waals surface area contributed by atoms with Gasteiger partial charge in [0, 0.05) is 44.3 Å². The maximum absolute atomic E-state index is 14.7. The van der Waals surface area contributed by atoms with E-state index in [9.17, 15) is 23.1 Å². The molecule has 0 saturated carbocycles. The molecule has 1 N–H and O–H groups in total. The Kier molecular flexibility index (Phi) is 7.52. The number of halogens is 3. The Morgan fingerprint density at radius 1 is 1.17 bits per heavy atom. The van der Waals surface area contributed by atoms with Gasteiger partial charge in [-0.05, 0) is 55.2 Å². The van der Waals surface area contributed by atoms with Crippen molar-refractivity contribution in [3.8, 4) is 0 Å². The van der Waals surface area contributed by atoms with Crippen molar-refractivity contribution >= 4 is 11.6 Å². The van der Waals surface area contributed by atoms with Gasteiger partial charge >= 0.3 is 6.03 Å². The van der Waals surface area contributed by atoms with Gasteiger partial charge in [0.2, 0.25) is 0 Å². The zero-order valence-electron chi connectivity index (χ0n) is 20.1. The fourth-order valence-corrected chi connectivity index (χ4v) is 5.21. The predicted octanol–water partition coefficient (Wildman–Crippen LogP) is 4.43. The molecule has 2 aliphatic rings. The summed E-state index contributed by atoms with van der Waals surface area (Å²) in [6, 6.07) is 11.8. The molecule has 2 aliphatic heterocycles. The van der Waals surface area contributed by atoms with Gasteiger partial charge in [-0.25, -0.2) is 18.0 Å². The fraction of sp³-hybridized carbons (Fsp3) is 0.444. The monoisotopic (exact) mass is 487 g/mol. The number of rotatable bonds is 6. The molecule has 0 radical (unpaired) electrons. The minimum atomic E-state index is -1.22. The van der Waals surface area contributed by atoms with Gasteiger partial charge in [0.15, 0.2) is 0 Å². The van der Waals surface area contributed by atoms with E-state index in [-0.39, 0.29) is 30.2 Å². The van der Waals surface area contributed by atoms with E-state index in [1.165, 1.54) is 0 Å². The SMILES string of the molecule is CC(CF)N1CCC(N(C)C(=O)N2CC(c3cc(F)ccc3F)=CC2(CO)c2ccccc2)CC1. The fourth-order valence-electron chi connectivity index (χ4n) is 5.21. The number of aliphatic hydroxyl groups excluding tert-OH is 1. The highest BCUT2D eigenvalue weighted by atomic mass is 19.1. The molecule has 2 amide bonds. The van der Waals surface area contributed by atoms with Crippen LogP contribution < -0.4 is 0 Å². The zero-order valence-corrected chi connectivity index (χ0v) is 20.1. The molecule has 1 fully saturated rings. The number of hydrogen-bond donors (Lipinski definition) is 1. The molecule has 2 aromatic carbocycles. The van der Waals surface area contributed by atoms with Gasteiger partial charge in [0.1, 0.15) is 23.8 Å². The van der Waals surface area contributed by atoms with Gasteiger partial charge in [0.25, 0.3) is 0 Å². The van der Waals surface area contributed by atoms with Crippen LogP contribution in [0.1, 0.15) is 30.9 Å². The number of aliphatic hydroxyl groups is 1. The molecule has 0 aliphatic carbocycles. The molecule has 188 valence electrons. The third-order valence-electron chi connectivity index (χ3n) is 7.44. The van der Waals surface area contributed by atoms with E-state index in [4.69, 9.17) is 0 Å². The number of amides is 2. The Morgan fingerprint density at radius 3 is 2.49 bits per heavy atom. The van der Waals surface area contributed by atoms with Gasteiger partial charge in [0.05, 0.1) is 6.61 Å². The van der Waals surface area contributed by atoms with Crippen molar-refractivity contribution in [2.75, 3.05) is 40.0 Å². The molecule has 2 heterocycles. The average Bonchev–Trinajstić information content (AvgIpc) is 3.30. The summed E-state index contributed by atoms with van der Waals surface area (Å²) < 4.78 is 41.7. The number of hydrogen-bond acceptors (Lipinski definition) is 3. The Morgan fingerprint density at radius 2 is 1.86 bits per heavy atom. The summed E-state index contributed by atoms with van der Waals surface area (Å²) in [6.07, 6.45) is 3.09. The van der Waals surface area contributed by atoms with Crippen molar-refractivity contribution in [3.63, 3.8) is 0 Å². The molecule has 2 aromatic rings. The van der Waals surface area contributed by atoms with Gasteiger partial charge < -0.3 is 14.9 Å². The largest absolute Gasteiger partial charge is 0.393 e. The Hall–Kier alpha value is -2.84. The molecule has 0 spiro atoms. The summed E-state index contributed by atoms with van der Waals surface area (Å²) in [7, 11) is 1.73. The van der Waals surface area contributed by atoms with Crippen LogP contribution in [0.5, 0.6) is 0 Å². The second-order valence-electron chi connectivity index (χ2n) is 9.49. The topological polar surface area (TPSA) is 47.0 Å². The molecular weight excluding hydrogens is 455 g/mol. The third-order valence-corrected chi connectivity index (χ3v) is 7.44. The molecule has 35 heavy (non-hydrogen) atoms. The van der Waals surface area contributed by atoms with Crippen molar-refractivity contribution < 1.29 is 23.1 Å². The molecule has 0 aromatic heterocycles. The van der Waals surface area contributed by atoms with E-state index in [0.29, 0.717) is 37.1 Å². The number of nitrogens with zero attached hydrogens (tertiary/aromatic N) is 3. The van der Waals surface area contributed by atoms with Gasteiger partial charge in [-0.15, -0.1) is 0 Å². The first-order valence-electron chi connectivity index (χ1n) is 12.0. The first-order valence-corrected chi connectivity index (χ1v) is 12.0. The van der Waals surface area contributed by atoms with E-state index in [1.807, 2.05) is 37.3 Å². The quantitative estimate of drug-likeness (QED) is 0.656. The lowest BCUT2D eigenvalue weighted by molar-refractivity contribution is 0.0613. The van der Waals surface area contributed by atoms with E-state index >= 15 is 0 Å². The molecule has 1 saturated heterocycles. The minimum absolute atomic E-state index is 0.0245. The van der Waals surface area contributed by atoms with E-state index in [2.05, 4.69) is 4.90 Å². The van der Waals surface area contributed by atoms with Crippen LogP contribution in [-0.4, -0.2) is 77.9 Å². The summed E-state index contributed by atoms with van der Waals surface area (Å²) in [5.41, 5.74) is -0.0226. The number of carbonyl (C=O) groups is 1. The van der Waals surface area contributed by atoms with Gasteiger partial charge in [-0.2, -0.15) is 0 Å². The number of benzene rings is 2. The number of urea groups is 1. The number of carbonyl (C=O) groups excluding carboxylic acids is 1. The lowest BCUT2D eigenvalue weighted by atomic mass is 9.89. The van der Waals surface area contributed by atoms with E-state index in [1.54, 1.807) is 22.9 Å². The van der Waals surface area contributed by atoms with Crippen LogP contribution in [0.4, 0.5) is 18.0 Å². The van der Waals surface area contributed by atoms with Crippen LogP contribution in [0.25, 0.3) is 5.57 Å². The van der Waals surface area contributed by atoms with Crippen LogP contribution in [0, 0.1) is 11.6 Å². The van der Waals surface area contributed by atoms with Crippen LogP contribution in [-0.2, 0) is 5.54 Å². The van der Waals surface area contributed by atoms with Crippen molar-refractivity contribution in [1.29, 1.82) is 0 Å². The summed E-state index contributed by atoms with van der Waals surface area (Å²) >= 11 is 0. The van der Waals surface area contributed by atoms with Crippen LogP contribution >= 0.6 is 0 Å². The van der Waals surface area contributed by atoms with Crippen molar-refractivity contribution in [2.24, 2.45) is 0 Å². The third kappa shape index (κ3) is 4.82. The Labute approximate surface area is 204 Å². The normalized spacial score (nSPS) is 22.2. The summed E-state index contributed by atoms with van der Waals surface area (Å²) in [5, 5.41) is 10.6. The van der Waals surface area contributed by atoms with Gasteiger partial charge in [-0.1, -0.05) is 30.3 Å². The van der Waals surface area contributed by atoms with Crippen molar-refractivity contribution in [3.05, 3.63) is 77.4 Å². The van der Waals surface area contributed by atoms with Crippen molar-refractivity contribution in [2.45, 2.75) is 37.4 Å². The molecule has 5 nitrogen and oxygen atoms in total. The highest BCUT2D eigenvalue weighted by Gasteiger charge is 2.46. The zero-order chi connectivity index (χ0) is 25.2. The number of likely N-dealkylation sites (tertiary alicyclic amines) is 1. The van der Waals surface area contributed by atoms with E-state index < -0.39 is 30.5 Å². The lowest BCUT2D eigenvalue weighted by Crippen LogP contribution is -2.56. The first kappa shape index (κ1) is 25.3. The molecule has 0 bridgehead atoms. The highest BCUT2D eigenvalue weighted by molar-refractivity contribution is 5.83. The second kappa shape index (κ2) is 10.4. The molecule has 4 rings (SSSR count). The molecule has 2 unspecified atom stereocenters. The predicted molar refractivity (Wildman–Crippen MR) is 129 cm³/mol. The first-order chi connectivity index (χ1) is 16.8. The lowest BCUT2D eigenvalue weighted by Gasteiger charge is -2.43. The van der Waals surface area contributed by atoms with Crippen molar-refractivity contribution in [1.82, 2.24) is 14.7 Å². The Balaban J connectivity index is 1.65. The summed E-state index contributed by atoms with van der Waals surface area (Å²) in [4.78, 5) is 19.2. The average molecular weight is 488 g/mol. The maximum Gasteiger partial charge on any atom is 0.321 e. The van der Waals surface area contributed by atoms with Gasteiger partial charge in [-0.3, -0.25) is 4.90 Å². The highest BCUT2D eigenvalue weighted by Crippen LogP contribution is 2.41. The maximum atomic E-state index is 14.7. The summed E-state index contributed by atoms with van der Waals surface area (Å²) in [5.74, 6) is -1.16. The Bertz CT molecular complexity index is 1070. The molecular formula is C27H32F3N3O2. The number of piperidine rings is 1.